The molecule has 0 radical (unpaired) electrons. The molecule has 2 heterocycles. The van der Waals surface area contributed by atoms with Crippen LogP contribution in [0.3, 0.4) is 0 Å². The van der Waals surface area contributed by atoms with Crippen LogP contribution in [0.1, 0.15) is 33.5 Å². The van der Waals surface area contributed by atoms with Gasteiger partial charge in [-0.1, -0.05) is 18.2 Å². The molecule has 0 aliphatic rings. The van der Waals surface area contributed by atoms with Crippen molar-refractivity contribution in [1.82, 2.24) is 20.2 Å². The van der Waals surface area contributed by atoms with Crippen molar-refractivity contribution in [2.45, 2.75) is 6.92 Å². The molecule has 0 saturated carbocycles. The molecule has 0 aliphatic heterocycles. The first-order valence-corrected chi connectivity index (χ1v) is 8.20. The molecule has 0 aliphatic carbocycles. The second-order valence-electron chi connectivity index (χ2n) is 5.73. The quantitative estimate of drug-likeness (QED) is 0.537. The van der Waals surface area contributed by atoms with Gasteiger partial charge >= 0.3 is 0 Å². The normalized spacial score (nSPS) is 11.1. The maximum absolute atomic E-state index is 12.3. The van der Waals surface area contributed by atoms with Gasteiger partial charge in [0.25, 0.3) is 11.8 Å². The lowest BCUT2D eigenvalue weighted by molar-refractivity contribution is 0.0949. The van der Waals surface area contributed by atoms with Crippen molar-refractivity contribution in [3.05, 3.63) is 77.9 Å². The third-order valence-electron chi connectivity index (χ3n) is 3.81. The van der Waals surface area contributed by atoms with Crippen molar-refractivity contribution >= 4 is 23.2 Å². The van der Waals surface area contributed by atoms with Gasteiger partial charge in [0.2, 0.25) is 0 Å². The van der Waals surface area contributed by atoms with Gasteiger partial charge < -0.3 is 5.32 Å². The van der Waals surface area contributed by atoms with Crippen molar-refractivity contribution in [2.24, 2.45) is 12.1 Å². The molecule has 8 nitrogen and oxygen atoms in total. The molecule has 3 aromatic rings. The zero-order chi connectivity index (χ0) is 19.2. The Morgan fingerprint density at radius 2 is 1.89 bits per heavy atom. The summed E-state index contributed by atoms with van der Waals surface area (Å²) in [4.78, 5) is 28.3. The minimum Gasteiger partial charge on any atom is -0.321 e. The van der Waals surface area contributed by atoms with E-state index >= 15 is 0 Å². The number of pyridine rings is 1. The Morgan fingerprint density at radius 1 is 1.04 bits per heavy atom. The smallest absolute Gasteiger partial charge is 0.289 e. The van der Waals surface area contributed by atoms with Crippen LogP contribution in [0.15, 0.2) is 66.0 Å². The van der Waals surface area contributed by atoms with Gasteiger partial charge in [-0.15, -0.1) is 0 Å². The SMILES string of the molecule is C/C(=N\NC(=O)c1ccccn1)c1cccc(NC(=O)c2ccnn2C)c1. The number of rotatable bonds is 5. The predicted molar refractivity (Wildman–Crippen MR) is 102 cm³/mol. The third-order valence-corrected chi connectivity index (χ3v) is 3.81. The highest BCUT2D eigenvalue weighted by Crippen LogP contribution is 2.13. The first kappa shape index (κ1) is 18.0. The van der Waals surface area contributed by atoms with Crippen molar-refractivity contribution in [3.8, 4) is 0 Å². The average Bonchev–Trinajstić information content (AvgIpc) is 3.12. The molecule has 0 atom stereocenters. The summed E-state index contributed by atoms with van der Waals surface area (Å²) in [5.74, 6) is -0.652. The monoisotopic (exact) mass is 362 g/mol. The topological polar surface area (TPSA) is 101 Å². The van der Waals surface area contributed by atoms with E-state index in [1.165, 1.54) is 4.68 Å². The van der Waals surface area contributed by atoms with Crippen molar-refractivity contribution in [3.63, 3.8) is 0 Å². The molecule has 2 amide bonds. The van der Waals surface area contributed by atoms with E-state index in [4.69, 9.17) is 0 Å². The highest BCUT2D eigenvalue weighted by Gasteiger charge is 2.11. The van der Waals surface area contributed by atoms with E-state index in [-0.39, 0.29) is 11.6 Å². The van der Waals surface area contributed by atoms with Crippen LogP contribution in [0.2, 0.25) is 0 Å². The number of hydrogen-bond donors (Lipinski definition) is 2. The molecule has 27 heavy (non-hydrogen) atoms. The second kappa shape index (κ2) is 8.05. The summed E-state index contributed by atoms with van der Waals surface area (Å²) in [6.07, 6.45) is 3.10. The minimum absolute atomic E-state index is 0.259. The maximum atomic E-state index is 12.3. The van der Waals surface area contributed by atoms with Crippen molar-refractivity contribution in [1.29, 1.82) is 0 Å². The number of carbonyl (C=O) groups excluding carboxylic acids is 2. The first-order chi connectivity index (χ1) is 13.0. The zero-order valence-electron chi connectivity index (χ0n) is 14.9. The number of hydrazone groups is 1. The van der Waals surface area contributed by atoms with Gasteiger partial charge in [-0.3, -0.25) is 19.3 Å². The number of benzene rings is 1. The molecular weight excluding hydrogens is 344 g/mol. The number of nitrogens with one attached hydrogen (secondary N) is 2. The Bertz CT molecular complexity index is 994. The molecule has 136 valence electrons. The highest BCUT2D eigenvalue weighted by molar-refractivity contribution is 6.05. The average molecular weight is 362 g/mol. The molecular formula is C19H18N6O2. The van der Waals surface area contributed by atoms with Crippen LogP contribution >= 0.6 is 0 Å². The number of nitrogens with zero attached hydrogens (tertiary/aromatic N) is 4. The molecule has 0 spiro atoms. The number of aryl methyl sites for hydroxylation is 1. The predicted octanol–water partition coefficient (Wildman–Crippen LogP) is 2.22. The standard InChI is InChI=1S/C19H18N6O2/c1-13(23-24-18(26)16-8-3-4-10-20-16)14-6-5-7-15(12-14)22-19(27)17-9-11-21-25(17)2/h3-12H,1-2H3,(H,22,27)(H,24,26)/b23-13+. The number of anilines is 1. The Hall–Kier alpha value is -3.81. The van der Waals surface area contributed by atoms with E-state index in [1.807, 2.05) is 6.07 Å². The van der Waals surface area contributed by atoms with E-state index in [1.54, 1.807) is 68.8 Å². The van der Waals surface area contributed by atoms with Gasteiger partial charge in [-0.05, 0) is 42.8 Å². The summed E-state index contributed by atoms with van der Waals surface area (Å²) < 4.78 is 1.50. The van der Waals surface area contributed by atoms with Gasteiger partial charge in [0.1, 0.15) is 11.4 Å². The Morgan fingerprint density at radius 3 is 2.59 bits per heavy atom. The van der Waals surface area contributed by atoms with Crippen LogP contribution in [0.4, 0.5) is 5.69 Å². The Kier molecular flexibility index (Phi) is 5.36. The first-order valence-electron chi connectivity index (χ1n) is 8.20. The Labute approximate surface area is 155 Å². The summed E-state index contributed by atoms with van der Waals surface area (Å²) in [6, 6.07) is 13.9. The largest absolute Gasteiger partial charge is 0.321 e. The summed E-state index contributed by atoms with van der Waals surface area (Å²) >= 11 is 0. The fourth-order valence-electron chi connectivity index (χ4n) is 2.37. The molecule has 0 saturated heterocycles. The lowest BCUT2D eigenvalue weighted by Crippen LogP contribution is -2.20. The fourth-order valence-corrected chi connectivity index (χ4v) is 2.37. The van der Waals surface area contributed by atoms with Gasteiger partial charge in [-0.25, -0.2) is 5.43 Å². The lowest BCUT2D eigenvalue weighted by atomic mass is 10.1. The van der Waals surface area contributed by atoms with E-state index in [0.717, 1.165) is 5.56 Å². The number of amides is 2. The van der Waals surface area contributed by atoms with Crippen molar-refractivity contribution < 1.29 is 9.59 Å². The van der Waals surface area contributed by atoms with Crippen molar-refractivity contribution in [2.75, 3.05) is 5.32 Å². The molecule has 2 N–H and O–H groups in total. The summed E-state index contributed by atoms with van der Waals surface area (Å²) in [6.45, 7) is 1.76. The molecule has 2 aromatic heterocycles. The van der Waals surface area contributed by atoms with Crippen LogP contribution in [0, 0.1) is 0 Å². The fraction of sp³-hybridized carbons (Fsp3) is 0.105. The van der Waals surface area contributed by atoms with Crippen LogP contribution in [-0.2, 0) is 7.05 Å². The molecule has 0 fully saturated rings. The summed E-state index contributed by atoms with van der Waals surface area (Å²) in [5.41, 5.74) is 5.18. The lowest BCUT2D eigenvalue weighted by Gasteiger charge is -2.08. The molecule has 0 bridgehead atoms. The van der Waals surface area contributed by atoms with Gasteiger partial charge in [-0.2, -0.15) is 10.2 Å². The maximum Gasteiger partial charge on any atom is 0.289 e. The third kappa shape index (κ3) is 4.43. The van der Waals surface area contributed by atoms with Gasteiger partial charge in [0.05, 0.1) is 5.71 Å². The highest BCUT2D eigenvalue weighted by atomic mass is 16.2. The minimum atomic E-state index is -0.393. The van der Waals surface area contributed by atoms with Crippen LogP contribution in [0.5, 0.6) is 0 Å². The van der Waals surface area contributed by atoms with E-state index in [0.29, 0.717) is 17.1 Å². The van der Waals surface area contributed by atoms with E-state index in [2.05, 4.69) is 25.9 Å². The number of carbonyl (C=O) groups is 2. The van der Waals surface area contributed by atoms with Crippen LogP contribution < -0.4 is 10.7 Å². The summed E-state index contributed by atoms with van der Waals surface area (Å²) in [7, 11) is 1.70. The van der Waals surface area contributed by atoms with Gasteiger partial charge in [0, 0.05) is 25.1 Å². The summed E-state index contributed by atoms with van der Waals surface area (Å²) in [5, 5.41) is 10.9. The van der Waals surface area contributed by atoms with E-state index < -0.39 is 5.91 Å². The van der Waals surface area contributed by atoms with Crippen LogP contribution in [0.25, 0.3) is 0 Å². The molecule has 3 rings (SSSR count). The number of aromatic nitrogens is 3. The zero-order valence-corrected chi connectivity index (χ0v) is 14.9. The second-order valence-corrected chi connectivity index (χ2v) is 5.73. The van der Waals surface area contributed by atoms with Gasteiger partial charge in [0.15, 0.2) is 0 Å². The van der Waals surface area contributed by atoms with E-state index in [9.17, 15) is 9.59 Å². The number of hydrogen-bond acceptors (Lipinski definition) is 5. The molecule has 1 aromatic carbocycles. The molecule has 0 unspecified atom stereocenters. The Balaban J connectivity index is 1.70. The van der Waals surface area contributed by atoms with Crippen LogP contribution in [-0.4, -0.2) is 32.3 Å². The molecule has 8 heteroatoms.